The lowest BCUT2D eigenvalue weighted by atomic mass is 9.89. The highest BCUT2D eigenvalue weighted by Gasteiger charge is 2.21. The summed E-state index contributed by atoms with van der Waals surface area (Å²) in [5, 5.41) is 9.71. The number of thiophene rings is 1. The number of hydrogen-bond acceptors (Lipinski definition) is 3. The van der Waals surface area contributed by atoms with Crippen LogP contribution in [0.15, 0.2) is 6.07 Å². The van der Waals surface area contributed by atoms with E-state index < -0.39 is 0 Å². The van der Waals surface area contributed by atoms with E-state index in [0.29, 0.717) is 0 Å². The molecule has 0 spiro atoms. The SMILES string of the molecule is N#C[C@H]1CCCc2sc(N)cc21. The summed E-state index contributed by atoms with van der Waals surface area (Å²) in [6.07, 6.45) is 3.24. The van der Waals surface area contributed by atoms with Crippen LogP contribution >= 0.6 is 11.3 Å². The average Bonchev–Trinajstić information content (AvgIpc) is 2.44. The monoisotopic (exact) mass is 178 g/mol. The van der Waals surface area contributed by atoms with Crippen LogP contribution in [0, 0.1) is 11.3 Å². The van der Waals surface area contributed by atoms with Gasteiger partial charge in [-0.25, -0.2) is 0 Å². The van der Waals surface area contributed by atoms with E-state index >= 15 is 0 Å². The molecule has 0 fully saturated rings. The summed E-state index contributed by atoms with van der Waals surface area (Å²) < 4.78 is 0. The quantitative estimate of drug-likeness (QED) is 0.662. The third-order valence-electron chi connectivity index (χ3n) is 2.29. The molecule has 0 aromatic carbocycles. The van der Waals surface area contributed by atoms with Crippen LogP contribution in [0.25, 0.3) is 0 Å². The zero-order valence-electron chi connectivity index (χ0n) is 6.71. The molecule has 1 aliphatic rings. The van der Waals surface area contributed by atoms with Crippen molar-refractivity contribution in [2.24, 2.45) is 0 Å². The van der Waals surface area contributed by atoms with Crippen molar-refractivity contribution in [2.45, 2.75) is 25.2 Å². The molecule has 0 radical (unpaired) electrons. The number of nitrogens with zero attached hydrogens (tertiary/aromatic N) is 1. The first-order chi connectivity index (χ1) is 5.81. The smallest absolute Gasteiger partial charge is 0.0862 e. The predicted octanol–water partition coefficient (Wildman–Crippen LogP) is 2.27. The minimum atomic E-state index is 0.0994. The van der Waals surface area contributed by atoms with Crippen LogP contribution in [-0.2, 0) is 6.42 Å². The summed E-state index contributed by atoms with van der Waals surface area (Å²) >= 11 is 1.64. The van der Waals surface area contributed by atoms with Crippen LogP contribution in [0.3, 0.4) is 0 Å². The molecule has 0 aliphatic heterocycles. The van der Waals surface area contributed by atoms with Gasteiger partial charge < -0.3 is 5.73 Å². The van der Waals surface area contributed by atoms with Crippen molar-refractivity contribution >= 4 is 16.3 Å². The number of nitriles is 1. The van der Waals surface area contributed by atoms with Gasteiger partial charge in [-0.2, -0.15) is 5.26 Å². The fourth-order valence-electron chi connectivity index (χ4n) is 1.71. The predicted molar refractivity (Wildman–Crippen MR) is 50.0 cm³/mol. The standard InChI is InChI=1S/C9H10N2S/c10-5-6-2-1-3-8-7(6)4-9(11)12-8/h4,6H,1-3,11H2/t6-/m1/s1. The largest absolute Gasteiger partial charge is 0.391 e. The summed E-state index contributed by atoms with van der Waals surface area (Å²) in [4.78, 5) is 1.32. The number of nitrogens with two attached hydrogens (primary N) is 1. The zero-order chi connectivity index (χ0) is 8.55. The Kier molecular flexibility index (Phi) is 1.78. The second kappa shape index (κ2) is 2.80. The molecule has 12 heavy (non-hydrogen) atoms. The molecule has 2 nitrogen and oxygen atoms in total. The first-order valence-corrected chi connectivity index (χ1v) is 4.90. The lowest BCUT2D eigenvalue weighted by molar-refractivity contribution is 0.646. The Labute approximate surface area is 75.6 Å². The molecule has 62 valence electrons. The third kappa shape index (κ3) is 1.09. The maximum atomic E-state index is 8.86. The topological polar surface area (TPSA) is 49.8 Å². The molecule has 0 bridgehead atoms. The van der Waals surface area contributed by atoms with Crippen molar-refractivity contribution in [1.82, 2.24) is 0 Å². The van der Waals surface area contributed by atoms with E-state index in [1.165, 1.54) is 10.4 Å². The van der Waals surface area contributed by atoms with Gasteiger partial charge in [-0.05, 0) is 30.9 Å². The normalized spacial score (nSPS) is 21.4. The van der Waals surface area contributed by atoms with Gasteiger partial charge in [0.05, 0.1) is 17.0 Å². The molecule has 0 saturated carbocycles. The molecule has 0 unspecified atom stereocenters. The number of hydrogen-bond donors (Lipinski definition) is 1. The number of aryl methyl sites for hydroxylation is 1. The molecule has 2 rings (SSSR count). The summed E-state index contributed by atoms with van der Waals surface area (Å²) in [5.74, 6) is 0.0994. The first kappa shape index (κ1) is 7.63. The van der Waals surface area contributed by atoms with Gasteiger partial charge in [0.25, 0.3) is 0 Å². The van der Waals surface area contributed by atoms with Crippen LogP contribution in [-0.4, -0.2) is 0 Å². The van der Waals surface area contributed by atoms with Crippen molar-refractivity contribution in [3.63, 3.8) is 0 Å². The van der Waals surface area contributed by atoms with Crippen LogP contribution in [0.5, 0.6) is 0 Å². The summed E-state index contributed by atoms with van der Waals surface area (Å²) in [7, 11) is 0. The molecule has 0 saturated heterocycles. The van der Waals surface area contributed by atoms with Gasteiger partial charge in [0.15, 0.2) is 0 Å². The van der Waals surface area contributed by atoms with Gasteiger partial charge in [-0.1, -0.05) is 0 Å². The average molecular weight is 178 g/mol. The van der Waals surface area contributed by atoms with Crippen molar-refractivity contribution < 1.29 is 0 Å². The van der Waals surface area contributed by atoms with Crippen LogP contribution in [0.2, 0.25) is 0 Å². The van der Waals surface area contributed by atoms with Crippen LogP contribution in [0.4, 0.5) is 5.00 Å². The van der Waals surface area contributed by atoms with Crippen LogP contribution in [0.1, 0.15) is 29.2 Å². The fraction of sp³-hybridized carbons (Fsp3) is 0.444. The van der Waals surface area contributed by atoms with Gasteiger partial charge in [0.2, 0.25) is 0 Å². The Morgan fingerprint density at radius 2 is 2.50 bits per heavy atom. The van der Waals surface area contributed by atoms with E-state index in [1.54, 1.807) is 11.3 Å². The van der Waals surface area contributed by atoms with Crippen LogP contribution < -0.4 is 5.73 Å². The number of anilines is 1. The van der Waals surface area contributed by atoms with Gasteiger partial charge >= 0.3 is 0 Å². The van der Waals surface area contributed by atoms with E-state index in [9.17, 15) is 0 Å². The molecular weight excluding hydrogens is 168 g/mol. The molecule has 2 N–H and O–H groups in total. The highest BCUT2D eigenvalue weighted by atomic mass is 32.1. The maximum absolute atomic E-state index is 8.86. The molecule has 1 aliphatic carbocycles. The first-order valence-electron chi connectivity index (χ1n) is 4.09. The van der Waals surface area contributed by atoms with E-state index in [-0.39, 0.29) is 5.92 Å². The summed E-state index contributed by atoms with van der Waals surface area (Å²) in [6.45, 7) is 0. The van der Waals surface area contributed by atoms with E-state index in [1.807, 2.05) is 6.07 Å². The molecule has 3 heteroatoms. The zero-order valence-corrected chi connectivity index (χ0v) is 7.53. The Morgan fingerprint density at radius 1 is 1.67 bits per heavy atom. The third-order valence-corrected chi connectivity index (χ3v) is 3.33. The Bertz CT molecular complexity index is 335. The molecular formula is C9H10N2S. The van der Waals surface area contributed by atoms with Crippen molar-refractivity contribution in [3.8, 4) is 6.07 Å². The van der Waals surface area contributed by atoms with E-state index in [0.717, 1.165) is 24.3 Å². The lowest BCUT2D eigenvalue weighted by Gasteiger charge is -2.15. The van der Waals surface area contributed by atoms with Gasteiger partial charge in [0.1, 0.15) is 0 Å². The van der Waals surface area contributed by atoms with Crippen molar-refractivity contribution in [3.05, 3.63) is 16.5 Å². The van der Waals surface area contributed by atoms with Crippen molar-refractivity contribution in [2.75, 3.05) is 5.73 Å². The van der Waals surface area contributed by atoms with Gasteiger partial charge in [0, 0.05) is 4.88 Å². The molecule has 1 aromatic rings. The van der Waals surface area contributed by atoms with Gasteiger partial charge in [-0.3, -0.25) is 0 Å². The second-order valence-corrected chi connectivity index (χ2v) is 4.27. The number of rotatable bonds is 0. The molecule has 0 amide bonds. The summed E-state index contributed by atoms with van der Waals surface area (Å²) in [5.41, 5.74) is 6.87. The van der Waals surface area contributed by atoms with Crippen molar-refractivity contribution in [1.29, 1.82) is 5.26 Å². The molecule has 1 atom stereocenters. The molecule has 1 aromatic heterocycles. The number of fused-ring (bicyclic) bond motifs is 1. The lowest BCUT2D eigenvalue weighted by Crippen LogP contribution is -2.04. The highest BCUT2D eigenvalue weighted by Crippen LogP contribution is 2.37. The minimum absolute atomic E-state index is 0.0994. The fourth-order valence-corrected chi connectivity index (χ4v) is 2.75. The second-order valence-electron chi connectivity index (χ2n) is 3.10. The number of nitrogen functional groups attached to an aromatic ring is 1. The molecule has 1 heterocycles. The minimum Gasteiger partial charge on any atom is -0.391 e. The Balaban J connectivity index is 2.45. The van der Waals surface area contributed by atoms with E-state index in [2.05, 4.69) is 6.07 Å². The summed E-state index contributed by atoms with van der Waals surface area (Å²) in [6, 6.07) is 4.29. The Morgan fingerprint density at radius 3 is 3.25 bits per heavy atom. The van der Waals surface area contributed by atoms with E-state index in [4.69, 9.17) is 11.0 Å². The maximum Gasteiger partial charge on any atom is 0.0862 e. The Hall–Kier alpha value is -1.01. The highest BCUT2D eigenvalue weighted by molar-refractivity contribution is 7.16. The van der Waals surface area contributed by atoms with Gasteiger partial charge in [-0.15, -0.1) is 11.3 Å².